The summed E-state index contributed by atoms with van der Waals surface area (Å²) in [5.74, 6) is 1.46. The van der Waals surface area contributed by atoms with Gasteiger partial charge in [-0.1, -0.05) is 50.2 Å². The van der Waals surface area contributed by atoms with Crippen LogP contribution in [0.25, 0.3) is 11.1 Å². The molecule has 0 aliphatic rings. The molecule has 0 aromatic heterocycles. The molecule has 2 nitrogen and oxygen atoms in total. The van der Waals surface area contributed by atoms with Crippen LogP contribution < -0.4 is 10.5 Å². The molecule has 0 bridgehead atoms. The lowest BCUT2D eigenvalue weighted by Gasteiger charge is -2.10. The highest BCUT2D eigenvalue weighted by molar-refractivity contribution is 5.85. The van der Waals surface area contributed by atoms with Crippen molar-refractivity contribution in [2.24, 2.45) is 11.7 Å². The Bertz CT molecular complexity index is 554. The average molecular weight is 306 g/mol. The van der Waals surface area contributed by atoms with Gasteiger partial charge in [-0.05, 0) is 47.7 Å². The molecule has 114 valence electrons. The second-order valence-corrected chi connectivity index (χ2v) is 5.47. The zero-order chi connectivity index (χ0) is 14.4. The van der Waals surface area contributed by atoms with E-state index in [1.54, 1.807) is 0 Å². The third-order valence-electron chi connectivity index (χ3n) is 3.11. The summed E-state index contributed by atoms with van der Waals surface area (Å²) in [6.07, 6.45) is 0.914. The molecule has 0 unspecified atom stereocenters. The highest BCUT2D eigenvalue weighted by atomic mass is 35.5. The van der Waals surface area contributed by atoms with E-state index in [4.69, 9.17) is 10.5 Å². The molecule has 3 heteroatoms. The maximum Gasteiger partial charge on any atom is 0.119 e. The molecule has 0 saturated carbocycles. The number of rotatable bonds is 6. The van der Waals surface area contributed by atoms with Crippen molar-refractivity contribution in [1.29, 1.82) is 0 Å². The largest absolute Gasteiger partial charge is 0.493 e. The van der Waals surface area contributed by atoms with Gasteiger partial charge >= 0.3 is 0 Å². The van der Waals surface area contributed by atoms with Gasteiger partial charge in [0.2, 0.25) is 0 Å². The van der Waals surface area contributed by atoms with Gasteiger partial charge in [0.05, 0.1) is 6.61 Å². The highest BCUT2D eigenvalue weighted by Gasteiger charge is 2.02. The van der Waals surface area contributed by atoms with Gasteiger partial charge in [-0.15, -0.1) is 12.4 Å². The lowest BCUT2D eigenvalue weighted by atomic mass is 10.0. The standard InChI is InChI=1S/C18H23NO.ClH/c1-14(2)13-20-18-8-4-7-17(12-18)16-6-3-5-15(11-16)9-10-19;/h3-8,11-12,14H,9-10,13,19H2,1-2H3;1H. The molecule has 0 spiro atoms. The van der Waals surface area contributed by atoms with Gasteiger partial charge in [0.25, 0.3) is 0 Å². The van der Waals surface area contributed by atoms with Crippen LogP contribution in [0, 0.1) is 5.92 Å². The molecular weight excluding hydrogens is 282 g/mol. The Kier molecular flexibility index (Phi) is 7.27. The molecule has 0 atom stereocenters. The van der Waals surface area contributed by atoms with Gasteiger partial charge in [0.15, 0.2) is 0 Å². The van der Waals surface area contributed by atoms with Crippen molar-refractivity contribution in [3.05, 3.63) is 54.1 Å². The second kappa shape index (κ2) is 8.71. The quantitative estimate of drug-likeness (QED) is 0.863. The molecule has 0 heterocycles. The summed E-state index contributed by atoms with van der Waals surface area (Å²) in [5.41, 5.74) is 9.30. The van der Waals surface area contributed by atoms with Gasteiger partial charge in [0, 0.05) is 0 Å². The number of hydrogen-bond acceptors (Lipinski definition) is 2. The Hall–Kier alpha value is -1.51. The molecule has 0 aliphatic heterocycles. The van der Waals surface area contributed by atoms with E-state index in [-0.39, 0.29) is 12.4 Å². The van der Waals surface area contributed by atoms with Crippen molar-refractivity contribution in [1.82, 2.24) is 0 Å². The van der Waals surface area contributed by atoms with E-state index in [1.165, 1.54) is 16.7 Å². The van der Waals surface area contributed by atoms with E-state index in [0.29, 0.717) is 12.5 Å². The fraction of sp³-hybridized carbons (Fsp3) is 0.333. The summed E-state index contributed by atoms with van der Waals surface area (Å²) in [6, 6.07) is 16.8. The molecule has 2 N–H and O–H groups in total. The van der Waals surface area contributed by atoms with E-state index in [2.05, 4.69) is 50.2 Å². The van der Waals surface area contributed by atoms with Crippen molar-refractivity contribution in [3.8, 4) is 16.9 Å². The Morgan fingerprint density at radius 2 is 1.67 bits per heavy atom. The van der Waals surface area contributed by atoms with Crippen molar-refractivity contribution in [3.63, 3.8) is 0 Å². The van der Waals surface area contributed by atoms with E-state index < -0.39 is 0 Å². The van der Waals surface area contributed by atoms with Crippen LogP contribution in [-0.2, 0) is 6.42 Å². The molecule has 2 aromatic rings. The molecule has 0 radical (unpaired) electrons. The van der Waals surface area contributed by atoms with Crippen molar-refractivity contribution in [2.75, 3.05) is 13.2 Å². The maximum atomic E-state index is 5.79. The summed E-state index contributed by atoms with van der Waals surface area (Å²) >= 11 is 0. The predicted molar refractivity (Wildman–Crippen MR) is 92.2 cm³/mol. The van der Waals surface area contributed by atoms with Gasteiger partial charge in [0.1, 0.15) is 5.75 Å². The summed E-state index contributed by atoms with van der Waals surface area (Å²) in [6.45, 7) is 5.73. The molecule has 21 heavy (non-hydrogen) atoms. The fourth-order valence-electron chi connectivity index (χ4n) is 2.10. The molecule has 0 aliphatic carbocycles. The van der Waals surface area contributed by atoms with Crippen LogP contribution in [0.3, 0.4) is 0 Å². The zero-order valence-corrected chi connectivity index (χ0v) is 13.5. The minimum Gasteiger partial charge on any atom is -0.493 e. The lowest BCUT2D eigenvalue weighted by molar-refractivity contribution is 0.271. The van der Waals surface area contributed by atoms with Crippen LogP contribution in [0.15, 0.2) is 48.5 Å². The maximum absolute atomic E-state index is 5.79. The van der Waals surface area contributed by atoms with E-state index in [9.17, 15) is 0 Å². The first-order valence-electron chi connectivity index (χ1n) is 7.21. The SMILES string of the molecule is CC(C)COc1cccc(-c2cccc(CCN)c2)c1.Cl. The van der Waals surface area contributed by atoms with E-state index in [1.807, 2.05) is 12.1 Å². The second-order valence-electron chi connectivity index (χ2n) is 5.47. The summed E-state index contributed by atoms with van der Waals surface area (Å²) in [5, 5.41) is 0. The molecular formula is C18H24ClNO. The number of halogens is 1. The smallest absolute Gasteiger partial charge is 0.119 e. The molecule has 0 fully saturated rings. The first-order valence-corrected chi connectivity index (χ1v) is 7.21. The number of ether oxygens (including phenoxy) is 1. The minimum atomic E-state index is 0. The topological polar surface area (TPSA) is 35.2 Å². The van der Waals surface area contributed by atoms with Crippen LogP contribution in [0.5, 0.6) is 5.75 Å². The molecule has 2 rings (SSSR count). The number of nitrogens with two attached hydrogens (primary N) is 1. The van der Waals surface area contributed by atoms with Crippen LogP contribution >= 0.6 is 12.4 Å². The van der Waals surface area contributed by atoms with Gasteiger partial charge in [-0.3, -0.25) is 0 Å². The highest BCUT2D eigenvalue weighted by Crippen LogP contribution is 2.25. The normalized spacial score (nSPS) is 10.3. The molecule has 2 aromatic carbocycles. The minimum absolute atomic E-state index is 0. The van der Waals surface area contributed by atoms with Crippen LogP contribution in [0.1, 0.15) is 19.4 Å². The fourth-order valence-corrected chi connectivity index (χ4v) is 2.10. The summed E-state index contributed by atoms with van der Waals surface area (Å²) in [7, 11) is 0. The summed E-state index contributed by atoms with van der Waals surface area (Å²) < 4.78 is 5.79. The Morgan fingerprint density at radius 3 is 2.33 bits per heavy atom. The Balaban J connectivity index is 0.00000220. The Morgan fingerprint density at radius 1 is 1.00 bits per heavy atom. The van der Waals surface area contributed by atoms with Crippen molar-refractivity contribution >= 4 is 12.4 Å². The van der Waals surface area contributed by atoms with E-state index >= 15 is 0 Å². The molecule has 0 amide bonds. The average Bonchev–Trinajstić information content (AvgIpc) is 2.46. The van der Waals surface area contributed by atoms with Crippen LogP contribution in [0.4, 0.5) is 0 Å². The van der Waals surface area contributed by atoms with Crippen LogP contribution in [0.2, 0.25) is 0 Å². The van der Waals surface area contributed by atoms with Crippen molar-refractivity contribution < 1.29 is 4.74 Å². The van der Waals surface area contributed by atoms with Gasteiger partial charge in [-0.25, -0.2) is 0 Å². The van der Waals surface area contributed by atoms with Gasteiger partial charge in [-0.2, -0.15) is 0 Å². The molecule has 0 saturated heterocycles. The van der Waals surface area contributed by atoms with Gasteiger partial charge < -0.3 is 10.5 Å². The first kappa shape index (κ1) is 17.5. The Labute approximate surface area is 133 Å². The lowest BCUT2D eigenvalue weighted by Crippen LogP contribution is -2.04. The third kappa shape index (κ3) is 5.41. The van der Waals surface area contributed by atoms with Crippen LogP contribution in [-0.4, -0.2) is 13.2 Å². The summed E-state index contributed by atoms with van der Waals surface area (Å²) in [4.78, 5) is 0. The third-order valence-corrected chi connectivity index (χ3v) is 3.11. The number of hydrogen-bond donors (Lipinski definition) is 1. The zero-order valence-electron chi connectivity index (χ0n) is 12.7. The number of benzene rings is 2. The monoisotopic (exact) mass is 305 g/mol. The predicted octanol–water partition coefficient (Wildman–Crippen LogP) is 4.31. The van der Waals surface area contributed by atoms with Crippen molar-refractivity contribution in [2.45, 2.75) is 20.3 Å². The van der Waals surface area contributed by atoms with E-state index in [0.717, 1.165) is 18.8 Å². The first-order chi connectivity index (χ1) is 9.69.